The number of ether oxygens (including phenoxy) is 3. The number of nitrogens with zero attached hydrogens (tertiary/aromatic N) is 2. The van der Waals surface area contributed by atoms with Gasteiger partial charge in [0, 0.05) is 67.2 Å². The summed E-state index contributed by atoms with van der Waals surface area (Å²) in [7, 11) is 3.68. The standard InChI is InChI=1S/C53H87F2N3O13/c1-14-40-51(11,67)43(63)32(7)58(26-27(2)24-50(10,66)44(30(5)41(61)31(6)45(64)70-40)71-46-42(62)38(57(12)13)21-29(4)69-46)19-15-18-56-47(65)53(68)28(3)20-34-35-23-37(54)36-22-33(59)16-17-48(36,8)52(35,55)39(60)25-49(34,53)9/h16-17,27-32,34-35,38-44,46,60-63,66-68H,14-15,18-26H2,1-13H3,(H,56,65)/t27-,28-,29-,30+,31-,32-,34?,35?,38-,39+,40-,41?,42?,43-,44?,46+,48+,49+,50-,51-,52+,53+/m1/s1. The molecule has 0 aromatic rings. The lowest BCUT2D eigenvalue weighted by Crippen LogP contribution is -2.70. The van der Waals surface area contributed by atoms with Crippen LogP contribution in [0.25, 0.3) is 0 Å². The molecule has 2 saturated carbocycles. The number of carbonyl (C=O) groups excluding carboxylic acids is 3. The largest absolute Gasteiger partial charge is 0.459 e. The Labute approximate surface area is 419 Å². The number of allylic oxidation sites excluding steroid dienone is 4. The molecule has 0 bridgehead atoms. The second-order valence-electron chi connectivity index (χ2n) is 24.1. The minimum Gasteiger partial charge on any atom is -0.459 e. The first-order valence-corrected chi connectivity index (χ1v) is 26.1. The predicted octanol–water partition coefficient (Wildman–Crippen LogP) is 3.50. The first-order chi connectivity index (χ1) is 32.8. The van der Waals surface area contributed by atoms with Crippen LogP contribution in [0.4, 0.5) is 8.78 Å². The van der Waals surface area contributed by atoms with Gasteiger partial charge in [0.05, 0.1) is 35.9 Å². The third-order valence-corrected chi connectivity index (χ3v) is 18.8. The van der Waals surface area contributed by atoms with Crippen LogP contribution in [-0.2, 0) is 28.6 Å². The van der Waals surface area contributed by atoms with E-state index in [4.69, 9.17) is 14.2 Å². The van der Waals surface area contributed by atoms with Crippen molar-refractivity contribution in [1.29, 1.82) is 0 Å². The van der Waals surface area contributed by atoms with E-state index in [1.54, 1.807) is 41.5 Å². The van der Waals surface area contributed by atoms with Crippen molar-refractivity contribution >= 4 is 17.7 Å². The minimum absolute atomic E-state index is 0.0293. The Morgan fingerprint density at radius 1 is 0.958 bits per heavy atom. The first-order valence-electron chi connectivity index (χ1n) is 26.1. The van der Waals surface area contributed by atoms with Crippen LogP contribution >= 0.6 is 0 Å². The number of nitrogens with one attached hydrogen (secondary N) is 1. The summed E-state index contributed by atoms with van der Waals surface area (Å²) >= 11 is 0. The molecule has 6 rings (SSSR count). The van der Waals surface area contributed by atoms with Crippen molar-refractivity contribution in [2.75, 3.05) is 33.7 Å². The second kappa shape index (κ2) is 20.9. The summed E-state index contributed by atoms with van der Waals surface area (Å²) in [6, 6.07) is -1.14. The quantitative estimate of drug-likeness (QED) is 0.122. The molecule has 4 fully saturated rings. The van der Waals surface area contributed by atoms with E-state index in [1.165, 1.54) is 32.9 Å². The average Bonchev–Trinajstić information content (AvgIpc) is 3.49. The molecule has 5 unspecified atom stereocenters. The van der Waals surface area contributed by atoms with Gasteiger partial charge in [-0.1, -0.05) is 40.7 Å². The summed E-state index contributed by atoms with van der Waals surface area (Å²) in [5.41, 5.74) is -11.1. The Morgan fingerprint density at radius 3 is 2.23 bits per heavy atom. The van der Waals surface area contributed by atoms with Crippen molar-refractivity contribution < 1.29 is 73.1 Å². The number of hydrogen-bond donors (Lipinski definition) is 8. The highest BCUT2D eigenvalue weighted by Crippen LogP contribution is 2.71. The third kappa shape index (κ3) is 9.97. The van der Waals surface area contributed by atoms with Gasteiger partial charge in [-0.3, -0.25) is 19.3 Å². The molecule has 0 aromatic heterocycles. The summed E-state index contributed by atoms with van der Waals surface area (Å²) in [6.07, 6.45) is -6.80. The number of hydrogen-bond acceptors (Lipinski definition) is 15. The van der Waals surface area contributed by atoms with Crippen LogP contribution < -0.4 is 5.32 Å². The number of amides is 1. The topological polar surface area (TPSA) is 239 Å². The smallest absolute Gasteiger partial charge is 0.311 e. The maximum absolute atomic E-state index is 17.8. The highest BCUT2D eigenvalue weighted by atomic mass is 19.1. The number of alkyl halides is 1. The van der Waals surface area contributed by atoms with Crippen LogP contribution in [0.3, 0.4) is 0 Å². The molecule has 18 heteroatoms. The fourth-order valence-corrected chi connectivity index (χ4v) is 14.5. The zero-order valence-corrected chi connectivity index (χ0v) is 44.4. The Kier molecular flexibility index (Phi) is 17.0. The van der Waals surface area contributed by atoms with Crippen molar-refractivity contribution in [3.63, 3.8) is 0 Å². The molecule has 0 radical (unpaired) electrons. The number of aliphatic hydroxyl groups is 7. The number of halogens is 2. The molecule has 4 aliphatic carbocycles. The number of cyclic esters (lactones) is 1. The molecular weight excluding hydrogens is 925 g/mol. The maximum atomic E-state index is 17.8. The van der Waals surface area contributed by atoms with Gasteiger partial charge >= 0.3 is 5.97 Å². The van der Waals surface area contributed by atoms with Gasteiger partial charge in [0.25, 0.3) is 5.91 Å². The average molecular weight is 1010 g/mol. The van der Waals surface area contributed by atoms with Gasteiger partial charge in [-0.2, -0.15) is 0 Å². The van der Waals surface area contributed by atoms with E-state index in [-0.39, 0.29) is 94.0 Å². The van der Waals surface area contributed by atoms with E-state index in [0.29, 0.717) is 6.42 Å². The summed E-state index contributed by atoms with van der Waals surface area (Å²) in [6.45, 7) is 18.6. The van der Waals surface area contributed by atoms with E-state index in [2.05, 4.69) is 5.32 Å². The van der Waals surface area contributed by atoms with Crippen LogP contribution in [0.15, 0.2) is 23.6 Å². The number of aliphatic hydroxyl groups excluding tert-OH is 4. The third-order valence-electron chi connectivity index (χ3n) is 18.8. The Bertz CT molecular complexity index is 2020. The van der Waals surface area contributed by atoms with Crippen LogP contribution in [0.1, 0.15) is 128 Å². The van der Waals surface area contributed by atoms with Gasteiger partial charge in [0.1, 0.15) is 29.7 Å². The van der Waals surface area contributed by atoms with Gasteiger partial charge < -0.3 is 60.2 Å². The highest BCUT2D eigenvalue weighted by Gasteiger charge is 2.76. The lowest BCUT2D eigenvalue weighted by atomic mass is 9.45. The summed E-state index contributed by atoms with van der Waals surface area (Å²) in [4.78, 5) is 44.4. The van der Waals surface area contributed by atoms with Gasteiger partial charge in [-0.05, 0) is 124 Å². The van der Waals surface area contributed by atoms with Crippen LogP contribution in [0.2, 0.25) is 0 Å². The lowest BCUT2D eigenvalue weighted by molar-refractivity contribution is -0.299. The van der Waals surface area contributed by atoms with E-state index in [0.717, 1.165) is 0 Å². The van der Waals surface area contributed by atoms with Crippen LogP contribution in [0, 0.1) is 46.3 Å². The molecule has 16 nitrogen and oxygen atoms in total. The van der Waals surface area contributed by atoms with Crippen molar-refractivity contribution in [3.05, 3.63) is 23.6 Å². The van der Waals surface area contributed by atoms with E-state index < -0.39 is 130 Å². The van der Waals surface area contributed by atoms with Crippen LogP contribution in [0.5, 0.6) is 0 Å². The predicted molar refractivity (Wildman–Crippen MR) is 259 cm³/mol. The summed E-state index contributed by atoms with van der Waals surface area (Å²) < 4.78 is 52.3. The van der Waals surface area contributed by atoms with Gasteiger partial charge in [0.15, 0.2) is 23.3 Å². The number of ketones is 1. The van der Waals surface area contributed by atoms with Crippen LogP contribution in [-0.4, -0.2) is 181 Å². The SMILES string of the molecule is CC[C@H]1OC(=O)[C@H](C)C(O)[C@H](C)C(O[C@@H]2O[C@H](C)C[C@@H](N(C)C)C2O)[C@](C)(O)C[C@@H](C)CN(CCCNC(=O)[C@@]2(O)[C@H](C)CC3C4CC(F)=C5CC(=O)C=C[C@]5(C)[C@@]4(F)[C@@H](O)C[C@@]32C)[C@H](C)[C@@H](O)[C@]1(C)O. The number of carbonyl (C=O) groups is 3. The molecule has 1 amide bonds. The number of likely N-dealkylation sites (N-methyl/N-ethyl adjacent to an activating group) is 1. The number of rotatable bonds is 9. The molecule has 2 heterocycles. The van der Waals surface area contributed by atoms with E-state index in [1.807, 2.05) is 37.7 Å². The maximum Gasteiger partial charge on any atom is 0.311 e. The van der Waals surface area contributed by atoms with Crippen molar-refractivity contribution in [2.45, 2.75) is 211 Å². The minimum atomic E-state index is -2.36. The second-order valence-corrected chi connectivity index (χ2v) is 24.1. The lowest BCUT2D eigenvalue weighted by Gasteiger charge is -2.62. The Hall–Kier alpha value is -2.49. The molecule has 22 atom stereocenters. The number of fused-ring (bicyclic) bond motifs is 5. The Balaban J connectivity index is 1.23. The summed E-state index contributed by atoms with van der Waals surface area (Å²) in [5.74, 6) is -7.45. The molecule has 71 heavy (non-hydrogen) atoms. The molecule has 8 N–H and O–H groups in total. The zero-order chi connectivity index (χ0) is 53.3. The van der Waals surface area contributed by atoms with E-state index in [9.17, 15) is 50.1 Å². The van der Waals surface area contributed by atoms with Gasteiger partial charge in [-0.15, -0.1) is 0 Å². The first kappa shape index (κ1) is 57.8. The molecule has 6 aliphatic rings. The molecule has 2 aliphatic heterocycles. The Morgan fingerprint density at radius 2 is 1.61 bits per heavy atom. The fraction of sp³-hybridized carbons (Fsp3) is 0.868. The van der Waals surface area contributed by atoms with Gasteiger partial charge in [-0.25, -0.2) is 8.78 Å². The molecular formula is C53H87F2N3O13. The fourth-order valence-electron chi connectivity index (χ4n) is 14.5. The zero-order valence-electron chi connectivity index (χ0n) is 44.4. The van der Waals surface area contributed by atoms with Crippen molar-refractivity contribution in [1.82, 2.24) is 15.1 Å². The van der Waals surface area contributed by atoms with E-state index >= 15 is 8.78 Å². The van der Waals surface area contributed by atoms with Crippen molar-refractivity contribution in [2.24, 2.45) is 46.3 Å². The highest BCUT2D eigenvalue weighted by molar-refractivity contribution is 5.93. The number of esters is 1. The molecule has 406 valence electrons. The van der Waals surface area contributed by atoms with Crippen molar-refractivity contribution in [3.8, 4) is 0 Å². The van der Waals surface area contributed by atoms with Gasteiger partial charge in [0.2, 0.25) is 0 Å². The monoisotopic (exact) mass is 1010 g/mol. The molecule has 2 saturated heterocycles. The summed E-state index contributed by atoms with van der Waals surface area (Å²) in [5, 5.41) is 87.1. The molecule has 0 spiro atoms. The molecule has 0 aromatic carbocycles. The normalized spacial score (nSPS) is 49.3.